The van der Waals surface area contributed by atoms with Gasteiger partial charge in [0, 0.05) is 18.3 Å². The molecule has 0 heterocycles. The maximum absolute atomic E-state index is 12.7. The predicted octanol–water partition coefficient (Wildman–Crippen LogP) is 13.6. The number of carbonyl (C=O) groups excluding carboxylic acids is 2. The number of rotatable bonds is 26. The van der Waals surface area contributed by atoms with Crippen molar-refractivity contribution in [2.45, 2.75) is 63.7 Å². The van der Waals surface area contributed by atoms with Gasteiger partial charge < -0.3 is 28.4 Å². The highest BCUT2D eigenvalue weighted by Crippen LogP contribution is 2.31. The Morgan fingerprint density at radius 3 is 1.13 bits per heavy atom. The lowest BCUT2D eigenvalue weighted by Crippen LogP contribution is -2.36. The molecule has 0 saturated carbocycles. The minimum absolute atomic E-state index is 0.00718. The minimum Gasteiger partial charge on any atom is -0.500 e. The van der Waals surface area contributed by atoms with Crippen molar-refractivity contribution in [3.8, 4) is 23.0 Å². The van der Waals surface area contributed by atoms with Gasteiger partial charge in [-0.05, 0) is 120 Å². The van der Waals surface area contributed by atoms with E-state index in [0.29, 0.717) is 60.2 Å². The van der Waals surface area contributed by atoms with Crippen molar-refractivity contribution >= 4 is 24.1 Å². The van der Waals surface area contributed by atoms with Crippen LogP contribution in [0, 0.1) is 5.41 Å². The van der Waals surface area contributed by atoms with E-state index in [2.05, 4.69) is 24.3 Å². The average molecular weight is 981 g/mol. The molecule has 8 nitrogen and oxygen atoms in total. The van der Waals surface area contributed by atoms with E-state index in [1.165, 1.54) is 0 Å². The average Bonchev–Trinajstić information content (AvgIpc) is 3.34. The zero-order valence-electron chi connectivity index (χ0n) is 38.8. The van der Waals surface area contributed by atoms with E-state index in [9.17, 15) is 35.9 Å². The van der Waals surface area contributed by atoms with Crippen molar-refractivity contribution in [2.24, 2.45) is 5.41 Å². The maximum atomic E-state index is 12.7. The van der Waals surface area contributed by atoms with Crippen LogP contribution in [0.25, 0.3) is 12.2 Å². The Kier molecular flexibility index (Phi) is 19.7. The lowest BCUT2D eigenvalue weighted by Gasteiger charge is -2.33. The first kappa shape index (κ1) is 52.9. The molecule has 0 fully saturated rings. The van der Waals surface area contributed by atoms with Crippen molar-refractivity contribution in [1.82, 2.24) is 0 Å². The first-order chi connectivity index (χ1) is 34.2. The van der Waals surface area contributed by atoms with Crippen molar-refractivity contribution in [2.75, 3.05) is 26.4 Å². The molecular formula is C57H54F6O8. The smallest absolute Gasteiger partial charge is 0.389 e. The topological polar surface area (TPSA) is 89.5 Å². The molecule has 0 bridgehead atoms. The second-order valence-electron chi connectivity index (χ2n) is 16.9. The molecule has 0 aliphatic heterocycles. The molecule has 6 rings (SSSR count). The summed E-state index contributed by atoms with van der Waals surface area (Å²) in [5.41, 5.74) is 4.68. The highest BCUT2D eigenvalue weighted by molar-refractivity contribution is 5.76. The van der Waals surface area contributed by atoms with Crippen LogP contribution in [0.15, 0.2) is 170 Å². The fourth-order valence-corrected chi connectivity index (χ4v) is 7.36. The number of benzene rings is 6. The second-order valence-corrected chi connectivity index (χ2v) is 16.9. The number of ether oxygens (including phenoxy) is 6. The number of halogens is 6. The van der Waals surface area contributed by atoms with Crippen LogP contribution in [-0.2, 0) is 44.7 Å². The van der Waals surface area contributed by atoms with E-state index in [0.717, 1.165) is 22.3 Å². The molecule has 0 spiro atoms. The number of hydrogen-bond donors (Lipinski definition) is 0. The van der Waals surface area contributed by atoms with Crippen molar-refractivity contribution < 1.29 is 64.4 Å². The third kappa shape index (κ3) is 20.2. The lowest BCUT2D eigenvalue weighted by atomic mass is 9.77. The Morgan fingerprint density at radius 2 is 0.775 bits per heavy atom. The third-order valence-corrected chi connectivity index (χ3v) is 10.9. The van der Waals surface area contributed by atoms with Crippen molar-refractivity contribution in [1.29, 1.82) is 0 Å². The minimum atomic E-state index is -4.22. The Balaban J connectivity index is 1.01. The van der Waals surface area contributed by atoms with E-state index < -0.39 is 42.5 Å². The summed E-state index contributed by atoms with van der Waals surface area (Å²) in [4.78, 5) is 25.4. The molecule has 0 aromatic heterocycles. The quantitative estimate of drug-likeness (QED) is 0.0175. The van der Waals surface area contributed by atoms with Crippen LogP contribution in [0.1, 0.15) is 59.1 Å². The van der Waals surface area contributed by atoms with Crippen LogP contribution >= 0.6 is 0 Å². The van der Waals surface area contributed by atoms with Gasteiger partial charge in [0.15, 0.2) is 0 Å². The van der Waals surface area contributed by atoms with Gasteiger partial charge in [0.05, 0.1) is 51.8 Å². The summed E-state index contributed by atoms with van der Waals surface area (Å²) in [7, 11) is 0. The fourth-order valence-electron chi connectivity index (χ4n) is 7.36. The van der Waals surface area contributed by atoms with Crippen molar-refractivity contribution in [3.05, 3.63) is 204 Å². The Labute approximate surface area is 409 Å². The highest BCUT2D eigenvalue weighted by Gasteiger charge is 2.33. The summed E-state index contributed by atoms with van der Waals surface area (Å²) < 4.78 is 109. The lowest BCUT2D eigenvalue weighted by molar-refractivity contribution is -0.137. The molecular weight excluding hydrogens is 927 g/mol. The van der Waals surface area contributed by atoms with Crippen molar-refractivity contribution in [3.63, 3.8) is 0 Å². The number of esters is 2. The van der Waals surface area contributed by atoms with Gasteiger partial charge in [-0.1, -0.05) is 109 Å². The fraction of sp³-hybridized carbons (Fsp3) is 0.263. The Bertz CT molecular complexity index is 2400. The largest absolute Gasteiger partial charge is 0.500 e. The molecule has 14 heteroatoms. The van der Waals surface area contributed by atoms with Crippen LogP contribution in [0.5, 0.6) is 23.0 Å². The molecule has 0 aliphatic rings. The van der Waals surface area contributed by atoms with Gasteiger partial charge in [0.1, 0.15) is 23.0 Å². The summed E-state index contributed by atoms with van der Waals surface area (Å²) in [6, 6.07) is 47.3. The van der Waals surface area contributed by atoms with Crippen LogP contribution < -0.4 is 18.9 Å². The van der Waals surface area contributed by atoms with Crippen LogP contribution in [0.4, 0.5) is 26.3 Å². The molecule has 0 aliphatic carbocycles. The monoisotopic (exact) mass is 980 g/mol. The summed E-state index contributed by atoms with van der Waals surface area (Å²) in [6.45, 7) is 0.495. The van der Waals surface area contributed by atoms with Gasteiger partial charge in [-0.3, -0.25) is 9.59 Å². The van der Waals surface area contributed by atoms with Crippen LogP contribution in [0.3, 0.4) is 0 Å². The van der Waals surface area contributed by atoms with E-state index >= 15 is 0 Å². The van der Waals surface area contributed by atoms with Crippen LogP contribution in [-0.4, -0.2) is 50.7 Å². The molecule has 6 aromatic rings. The summed E-state index contributed by atoms with van der Waals surface area (Å²) >= 11 is 0. The Morgan fingerprint density at radius 1 is 0.423 bits per heavy atom. The molecule has 71 heavy (non-hydrogen) atoms. The summed E-state index contributed by atoms with van der Waals surface area (Å²) in [5.74, 6) is 0.608. The van der Waals surface area contributed by atoms with Gasteiger partial charge in [0.25, 0.3) is 0 Å². The van der Waals surface area contributed by atoms with E-state index in [4.69, 9.17) is 28.4 Å². The molecule has 0 saturated heterocycles. The summed E-state index contributed by atoms with van der Waals surface area (Å²) in [5, 5.41) is 0. The van der Waals surface area contributed by atoms with Gasteiger partial charge in [-0.2, -0.15) is 26.3 Å². The standard InChI is InChI=1S/C57H54F6O8/c58-56(59,60)31-7-33-68-49-21-17-45(18-22-49)37-53(64)70-51-25-13-43(14-26-51)29-35-66-41-55(39-47-9-3-1-4-10-47,40-48-11-5-2-6-12-48)42-67-36-30-44-15-27-52(28-16-44)71-54(65)38-46-19-23-50(24-20-46)69-34-8-32-57(61,62)63/h1-6,9-30,35-36H,7-8,31-34,37-42H2/b35-29+,36-30+. The molecule has 0 radical (unpaired) electrons. The molecule has 0 amide bonds. The van der Waals surface area contributed by atoms with Gasteiger partial charge in [-0.15, -0.1) is 0 Å². The zero-order valence-corrected chi connectivity index (χ0v) is 38.8. The zero-order chi connectivity index (χ0) is 50.4. The van der Waals surface area contributed by atoms with Gasteiger partial charge in [-0.25, -0.2) is 0 Å². The number of carbonyl (C=O) groups is 2. The highest BCUT2D eigenvalue weighted by atomic mass is 19.4. The molecule has 0 N–H and O–H groups in total. The first-order valence-electron chi connectivity index (χ1n) is 23.0. The Hall–Kier alpha value is -7.48. The first-order valence-corrected chi connectivity index (χ1v) is 23.0. The maximum Gasteiger partial charge on any atom is 0.389 e. The van der Waals surface area contributed by atoms with Gasteiger partial charge in [0.2, 0.25) is 0 Å². The third-order valence-electron chi connectivity index (χ3n) is 10.9. The van der Waals surface area contributed by atoms with E-state index in [1.54, 1.807) is 110 Å². The normalized spacial score (nSPS) is 11.9. The SMILES string of the molecule is O=C(Cc1ccc(OCCCC(F)(F)F)cc1)Oc1ccc(/C=C/OCC(CO/C=C/c2ccc(OC(=O)Cc3ccc(OCCCC(F)(F)F)cc3)cc2)(Cc2ccccc2)Cc2ccccc2)cc1. The van der Waals surface area contributed by atoms with E-state index in [1.807, 2.05) is 48.6 Å². The molecule has 0 unspecified atom stereocenters. The second kappa shape index (κ2) is 26.5. The predicted molar refractivity (Wildman–Crippen MR) is 259 cm³/mol. The van der Waals surface area contributed by atoms with Crippen LogP contribution in [0.2, 0.25) is 0 Å². The van der Waals surface area contributed by atoms with E-state index in [-0.39, 0.29) is 38.9 Å². The number of alkyl halides is 6. The molecule has 0 atom stereocenters. The molecule has 6 aromatic carbocycles. The molecule has 372 valence electrons. The summed E-state index contributed by atoms with van der Waals surface area (Å²) in [6.07, 6.45) is -2.36. The number of hydrogen-bond acceptors (Lipinski definition) is 8. The van der Waals surface area contributed by atoms with Gasteiger partial charge >= 0.3 is 24.3 Å².